The monoisotopic (exact) mass is 262 g/mol. The van der Waals surface area contributed by atoms with Crippen LogP contribution in [0.4, 0.5) is 0 Å². The Balaban J connectivity index is 2.18. The van der Waals surface area contributed by atoms with Crippen molar-refractivity contribution in [1.82, 2.24) is 9.78 Å². The number of aromatic nitrogens is 2. The van der Waals surface area contributed by atoms with Crippen LogP contribution in [-0.2, 0) is 0 Å². The highest BCUT2D eigenvalue weighted by molar-refractivity contribution is 14.1. The number of rotatable bonds is 2. The van der Waals surface area contributed by atoms with Gasteiger partial charge >= 0.3 is 0 Å². The molecule has 11 heavy (non-hydrogen) atoms. The van der Waals surface area contributed by atoms with Crippen molar-refractivity contribution in [2.75, 3.05) is 0 Å². The Bertz CT molecular complexity index is 234. The van der Waals surface area contributed by atoms with Crippen molar-refractivity contribution in [3.8, 4) is 0 Å². The van der Waals surface area contributed by atoms with Gasteiger partial charge in [-0.3, -0.25) is 4.68 Å². The molecular weight excluding hydrogens is 251 g/mol. The van der Waals surface area contributed by atoms with Gasteiger partial charge in [0.25, 0.3) is 0 Å². The van der Waals surface area contributed by atoms with Gasteiger partial charge in [-0.25, -0.2) is 0 Å². The molecule has 0 radical (unpaired) electrons. The van der Waals surface area contributed by atoms with Gasteiger partial charge in [-0.15, -0.1) is 0 Å². The van der Waals surface area contributed by atoms with E-state index in [1.807, 2.05) is 6.20 Å². The van der Waals surface area contributed by atoms with Gasteiger partial charge in [0.15, 0.2) is 0 Å². The van der Waals surface area contributed by atoms with Crippen molar-refractivity contribution in [2.24, 2.45) is 0 Å². The quantitative estimate of drug-likeness (QED) is 0.592. The molecule has 60 valence electrons. The minimum absolute atomic E-state index is 0.583. The topological polar surface area (TPSA) is 17.8 Å². The Labute approximate surface area is 80.1 Å². The van der Waals surface area contributed by atoms with Crippen LogP contribution >= 0.6 is 22.6 Å². The summed E-state index contributed by atoms with van der Waals surface area (Å²) in [4.78, 5) is 0. The lowest BCUT2D eigenvalue weighted by Gasteiger charge is -1.96. The smallest absolute Gasteiger partial charge is 0.0532 e. The molecule has 0 aromatic carbocycles. The van der Waals surface area contributed by atoms with E-state index in [9.17, 15) is 0 Å². The predicted octanol–water partition coefficient (Wildman–Crippen LogP) is 2.71. The Hall–Kier alpha value is -0.0600. The molecule has 1 saturated carbocycles. The molecule has 0 N–H and O–H groups in total. The molecule has 0 spiro atoms. The first-order valence-corrected chi connectivity index (χ1v) is 5.20. The highest BCUT2D eigenvalue weighted by atomic mass is 127. The van der Waals surface area contributed by atoms with E-state index in [2.05, 4.69) is 45.5 Å². The lowest BCUT2D eigenvalue weighted by molar-refractivity contribution is 0.641. The third kappa shape index (κ3) is 1.58. The standard InChI is InChI=1S/C8H11IN2/c1-6(9)7-4-10-11(5-7)8-2-3-8/h4-6,8H,2-3H2,1H3. The van der Waals surface area contributed by atoms with Gasteiger partial charge in [-0.1, -0.05) is 22.6 Å². The Morgan fingerprint density at radius 1 is 1.73 bits per heavy atom. The molecule has 0 bridgehead atoms. The number of alkyl halides is 1. The van der Waals surface area contributed by atoms with Crippen LogP contribution in [0.3, 0.4) is 0 Å². The largest absolute Gasteiger partial charge is 0.269 e. The first-order chi connectivity index (χ1) is 5.27. The van der Waals surface area contributed by atoms with Gasteiger partial charge in [-0.2, -0.15) is 5.10 Å². The lowest BCUT2D eigenvalue weighted by atomic mass is 10.3. The van der Waals surface area contributed by atoms with E-state index in [4.69, 9.17) is 0 Å². The molecule has 0 amide bonds. The Morgan fingerprint density at radius 2 is 2.45 bits per heavy atom. The van der Waals surface area contributed by atoms with Crippen molar-refractivity contribution in [2.45, 2.75) is 29.7 Å². The van der Waals surface area contributed by atoms with Crippen LogP contribution in [0.25, 0.3) is 0 Å². The lowest BCUT2D eigenvalue weighted by Crippen LogP contribution is -1.92. The molecule has 1 aliphatic rings. The first-order valence-electron chi connectivity index (χ1n) is 3.95. The molecule has 0 saturated heterocycles. The summed E-state index contributed by atoms with van der Waals surface area (Å²) >= 11 is 2.41. The fourth-order valence-corrected chi connectivity index (χ4v) is 1.42. The van der Waals surface area contributed by atoms with E-state index in [0.29, 0.717) is 3.92 Å². The maximum Gasteiger partial charge on any atom is 0.0532 e. The Kier molecular flexibility index (Phi) is 1.91. The number of halogens is 1. The van der Waals surface area contributed by atoms with E-state index in [0.717, 1.165) is 6.04 Å². The SMILES string of the molecule is CC(I)c1cnn(C2CC2)c1. The summed E-state index contributed by atoms with van der Waals surface area (Å²) in [5, 5.41) is 4.31. The summed E-state index contributed by atoms with van der Waals surface area (Å²) in [6.07, 6.45) is 6.79. The zero-order valence-corrected chi connectivity index (χ0v) is 8.65. The second-order valence-corrected chi connectivity index (χ2v) is 4.97. The summed E-state index contributed by atoms with van der Waals surface area (Å²) in [5.41, 5.74) is 1.34. The first kappa shape index (κ1) is 7.58. The molecule has 1 heterocycles. The average Bonchev–Trinajstić information content (AvgIpc) is 2.68. The maximum absolute atomic E-state index is 4.31. The highest BCUT2D eigenvalue weighted by Gasteiger charge is 2.24. The van der Waals surface area contributed by atoms with Gasteiger partial charge in [0.05, 0.1) is 12.2 Å². The third-order valence-corrected chi connectivity index (χ3v) is 2.72. The fourth-order valence-electron chi connectivity index (χ4n) is 1.10. The van der Waals surface area contributed by atoms with Crippen molar-refractivity contribution < 1.29 is 0 Å². The van der Waals surface area contributed by atoms with Gasteiger partial charge in [0, 0.05) is 15.7 Å². The number of hydrogen-bond donors (Lipinski definition) is 0. The van der Waals surface area contributed by atoms with Crippen LogP contribution in [0.2, 0.25) is 0 Å². The molecule has 2 rings (SSSR count). The highest BCUT2D eigenvalue weighted by Crippen LogP contribution is 2.35. The molecule has 1 aromatic heterocycles. The van der Waals surface area contributed by atoms with Crippen LogP contribution in [-0.4, -0.2) is 9.78 Å². The third-order valence-electron chi connectivity index (χ3n) is 2.00. The van der Waals surface area contributed by atoms with Crippen molar-refractivity contribution in [3.63, 3.8) is 0 Å². The van der Waals surface area contributed by atoms with Crippen LogP contribution in [0.15, 0.2) is 12.4 Å². The molecule has 3 heteroatoms. The minimum Gasteiger partial charge on any atom is -0.269 e. The molecule has 0 aliphatic heterocycles. The molecular formula is C8H11IN2. The van der Waals surface area contributed by atoms with Crippen molar-refractivity contribution in [1.29, 1.82) is 0 Å². The summed E-state index contributed by atoms with van der Waals surface area (Å²) in [6, 6.07) is 0.721. The van der Waals surface area contributed by atoms with Gasteiger partial charge in [0.1, 0.15) is 0 Å². The van der Waals surface area contributed by atoms with E-state index in [1.165, 1.54) is 18.4 Å². The van der Waals surface area contributed by atoms with E-state index >= 15 is 0 Å². The summed E-state index contributed by atoms with van der Waals surface area (Å²) < 4.78 is 2.69. The molecule has 1 atom stereocenters. The van der Waals surface area contributed by atoms with Crippen molar-refractivity contribution >= 4 is 22.6 Å². The number of nitrogens with zero attached hydrogens (tertiary/aromatic N) is 2. The van der Waals surface area contributed by atoms with Crippen LogP contribution in [0.5, 0.6) is 0 Å². The normalized spacial score (nSPS) is 20.2. The van der Waals surface area contributed by atoms with E-state index in [1.54, 1.807) is 0 Å². The zero-order valence-electron chi connectivity index (χ0n) is 6.50. The predicted molar refractivity (Wildman–Crippen MR) is 52.9 cm³/mol. The average molecular weight is 262 g/mol. The molecule has 1 fully saturated rings. The maximum atomic E-state index is 4.31. The zero-order chi connectivity index (χ0) is 7.84. The van der Waals surface area contributed by atoms with Gasteiger partial charge in [-0.05, 0) is 19.8 Å². The number of hydrogen-bond acceptors (Lipinski definition) is 1. The molecule has 1 unspecified atom stereocenters. The summed E-state index contributed by atoms with van der Waals surface area (Å²) in [5.74, 6) is 0. The second-order valence-electron chi connectivity index (χ2n) is 3.10. The second kappa shape index (κ2) is 2.77. The minimum atomic E-state index is 0.583. The fraction of sp³-hybridized carbons (Fsp3) is 0.625. The van der Waals surface area contributed by atoms with Gasteiger partial charge < -0.3 is 0 Å². The van der Waals surface area contributed by atoms with E-state index < -0.39 is 0 Å². The summed E-state index contributed by atoms with van der Waals surface area (Å²) in [6.45, 7) is 2.19. The van der Waals surface area contributed by atoms with Crippen LogP contribution < -0.4 is 0 Å². The Morgan fingerprint density at radius 3 is 2.91 bits per heavy atom. The van der Waals surface area contributed by atoms with Crippen LogP contribution in [0.1, 0.15) is 35.3 Å². The van der Waals surface area contributed by atoms with Gasteiger partial charge in [0.2, 0.25) is 0 Å². The van der Waals surface area contributed by atoms with E-state index in [-0.39, 0.29) is 0 Å². The van der Waals surface area contributed by atoms with Crippen molar-refractivity contribution in [3.05, 3.63) is 18.0 Å². The molecule has 1 aromatic rings. The van der Waals surface area contributed by atoms with Crippen LogP contribution in [0, 0.1) is 0 Å². The molecule has 2 nitrogen and oxygen atoms in total. The summed E-state index contributed by atoms with van der Waals surface area (Å²) in [7, 11) is 0. The molecule has 1 aliphatic carbocycles.